The summed E-state index contributed by atoms with van der Waals surface area (Å²) in [6.07, 6.45) is 4.25. The summed E-state index contributed by atoms with van der Waals surface area (Å²) in [6, 6.07) is 7.61. The summed E-state index contributed by atoms with van der Waals surface area (Å²) in [5.41, 5.74) is 1.20. The van der Waals surface area contributed by atoms with Crippen molar-refractivity contribution in [1.82, 2.24) is 4.90 Å². The second-order valence-corrected chi connectivity index (χ2v) is 5.69. The second-order valence-electron chi connectivity index (χ2n) is 5.69. The molecule has 1 aromatic carbocycles. The zero-order valence-electron chi connectivity index (χ0n) is 11.7. The molecule has 102 valence electrons. The molecule has 1 heterocycles. The van der Waals surface area contributed by atoms with Crippen LogP contribution in [0, 0.1) is 24.1 Å². The number of halogens is 1. The van der Waals surface area contributed by atoms with Gasteiger partial charge in [0.05, 0.1) is 6.07 Å². The van der Waals surface area contributed by atoms with Crippen LogP contribution in [0.5, 0.6) is 0 Å². The Morgan fingerprint density at radius 3 is 2.58 bits per heavy atom. The lowest BCUT2D eigenvalue weighted by Gasteiger charge is -2.38. The summed E-state index contributed by atoms with van der Waals surface area (Å²) < 4.78 is 13.3. The molecule has 19 heavy (non-hydrogen) atoms. The van der Waals surface area contributed by atoms with E-state index in [1.165, 1.54) is 25.3 Å². The Bertz CT molecular complexity index is 486. The van der Waals surface area contributed by atoms with E-state index in [0.29, 0.717) is 12.0 Å². The fourth-order valence-corrected chi connectivity index (χ4v) is 2.82. The molecule has 2 nitrogen and oxygen atoms in total. The van der Waals surface area contributed by atoms with Crippen LogP contribution in [0.2, 0.25) is 0 Å². The minimum absolute atomic E-state index is 0.180. The molecule has 0 aliphatic carbocycles. The van der Waals surface area contributed by atoms with Crippen molar-refractivity contribution in [1.29, 1.82) is 5.26 Å². The summed E-state index contributed by atoms with van der Waals surface area (Å²) in [5.74, 6) is -0.180. The highest BCUT2D eigenvalue weighted by Crippen LogP contribution is 2.25. The van der Waals surface area contributed by atoms with Crippen LogP contribution >= 0.6 is 0 Å². The molecule has 0 radical (unpaired) electrons. The first-order valence-corrected chi connectivity index (χ1v) is 6.96. The minimum atomic E-state index is -0.481. The van der Waals surface area contributed by atoms with Gasteiger partial charge in [0.1, 0.15) is 11.4 Å². The van der Waals surface area contributed by atoms with Crippen molar-refractivity contribution in [3.63, 3.8) is 0 Å². The molecule has 1 aliphatic rings. The van der Waals surface area contributed by atoms with Gasteiger partial charge in [0.2, 0.25) is 0 Å². The van der Waals surface area contributed by atoms with Crippen LogP contribution in [-0.2, 0) is 6.42 Å². The molecule has 0 spiro atoms. The molecule has 1 aromatic rings. The zero-order valence-corrected chi connectivity index (χ0v) is 11.7. The van der Waals surface area contributed by atoms with Gasteiger partial charge < -0.3 is 0 Å². The van der Waals surface area contributed by atoms with Gasteiger partial charge in [-0.3, -0.25) is 4.90 Å². The number of nitrogens with zero attached hydrogens (tertiary/aromatic N) is 2. The Morgan fingerprint density at radius 1 is 1.32 bits per heavy atom. The van der Waals surface area contributed by atoms with E-state index < -0.39 is 5.54 Å². The third-order valence-corrected chi connectivity index (χ3v) is 4.07. The smallest absolute Gasteiger partial charge is 0.126 e. The molecule has 3 heteroatoms. The number of benzene rings is 1. The summed E-state index contributed by atoms with van der Waals surface area (Å²) in [5, 5.41) is 9.56. The maximum atomic E-state index is 13.3. The van der Waals surface area contributed by atoms with Gasteiger partial charge in [-0.05, 0) is 57.0 Å². The number of piperidine rings is 1. The summed E-state index contributed by atoms with van der Waals surface area (Å²) in [4.78, 5) is 2.27. The average Bonchev–Trinajstić information content (AvgIpc) is 2.44. The van der Waals surface area contributed by atoms with Crippen molar-refractivity contribution >= 4 is 0 Å². The summed E-state index contributed by atoms with van der Waals surface area (Å²) in [7, 11) is 0. The molecule has 0 amide bonds. The minimum Gasteiger partial charge on any atom is -0.285 e. The molecule has 0 bridgehead atoms. The van der Waals surface area contributed by atoms with Crippen LogP contribution in [0.3, 0.4) is 0 Å². The SMILES string of the molecule is Cc1cc(CC(C)(C#N)N2CCCCC2)ccc1F. The Labute approximate surface area is 114 Å². The number of hydrogen-bond acceptors (Lipinski definition) is 2. The van der Waals surface area contributed by atoms with E-state index in [1.54, 1.807) is 13.0 Å². The molecule has 1 atom stereocenters. The van der Waals surface area contributed by atoms with Crippen LogP contribution < -0.4 is 0 Å². The van der Waals surface area contributed by atoms with Crippen molar-refractivity contribution in [3.8, 4) is 6.07 Å². The van der Waals surface area contributed by atoms with E-state index in [1.807, 2.05) is 13.0 Å². The largest absolute Gasteiger partial charge is 0.285 e. The first-order chi connectivity index (χ1) is 9.05. The zero-order chi connectivity index (χ0) is 13.9. The average molecular weight is 260 g/mol. The predicted octanol–water partition coefficient (Wildman–Crippen LogP) is 3.44. The standard InChI is InChI=1S/C16H21FN2/c1-13-10-14(6-7-15(13)17)11-16(2,12-18)19-8-4-3-5-9-19/h6-7,10H,3-5,8-9,11H2,1-2H3. The van der Waals surface area contributed by atoms with Crippen molar-refractivity contribution in [2.75, 3.05) is 13.1 Å². The highest BCUT2D eigenvalue weighted by atomic mass is 19.1. The molecule has 1 unspecified atom stereocenters. The van der Waals surface area contributed by atoms with Crippen LogP contribution in [-0.4, -0.2) is 23.5 Å². The van der Waals surface area contributed by atoms with E-state index in [-0.39, 0.29) is 5.82 Å². The molecule has 1 saturated heterocycles. The third kappa shape index (κ3) is 3.13. The highest BCUT2D eigenvalue weighted by Gasteiger charge is 2.32. The van der Waals surface area contributed by atoms with Gasteiger partial charge >= 0.3 is 0 Å². The molecule has 0 aromatic heterocycles. The van der Waals surface area contributed by atoms with Gasteiger partial charge in [0.15, 0.2) is 0 Å². The molecule has 0 saturated carbocycles. The predicted molar refractivity (Wildman–Crippen MR) is 74.3 cm³/mol. The number of likely N-dealkylation sites (tertiary alicyclic amines) is 1. The number of hydrogen-bond donors (Lipinski definition) is 0. The Balaban J connectivity index is 2.17. The van der Waals surface area contributed by atoms with E-state index in [0.717, 1.165) is 18.7 Å². The van der Waals surface area contributed by atoms with Crippen LogP contribution in [0.4, 0.5) is 4.39 Å². The van der Waals surface area contributed by atoms with Gasteiger partial charge in [-0.25, -0.2) is 4.39 Å². The van der Waals surface area contributed by atoms with E-state index >= 15 is 0 Å². The molecule has 1 fully saturated rings. The summed E-state index contributed by atoms with van der Waals surface area (Å²) >= 11 is 0. The lowest BCUT2D eigenvalue weighted by Crippen LogP contribution is -2.49. The van der Waals surface area contributed by atoms with Crippen LogP contribution in [0.25, 0.3) is 0 Å². The normalized spacial score (nSPS) is 19.7. The highest BCUT2D eigenvalue weighted by molar-refractivity contribution is 5.27. The fourth-order valence-electron chi connectivity index (χ4n) is 2.82. The van der Waals surface area contributed by atoms with E-state index in [4.69, 9.17) is 0 Å². The van der Waals surface area contributed by atoms with Gasteiger partial charge in [-0.2, -0.15) is 5.26 Å². The Morgan fingerprint density at radius 2 is 2.00 bits per heavy atom. The first kappa shape index (κ1) is 14.0. The van der Waals surface area contributed by atoms with Gasteiger partial charge in [0.25, 0.3) is 0 Å². The molecule has 2 rings (SSSR count). The molecule has 0 N–H and O–H groups in total. The van der Waals surface area contributed by atoms with Gasteiger partial charge in [-0.15, -0.1) is 0 Å². The molecular weight excluding hydrogens is 239 g/mol. The molecular formula is C16H21FN2. The summed E-state index contributed by atoms with van der Waals surface area (Å²) in [6.45, 7) is 5.74. The number of rotatable bonds is 3. The topological polar surface area (TPSA) is 27.0 Å². The van der Waals surface area contributed by atoms with Gasteiger partial charge in [0, 0.05) is 6.42 Å². The van der Waals surface area contributed by atoms with Crippen LogP contribution in [0.1, 0.15) is 37.3 Å². The lowest BCUT2D eigenvalue weighted by atomic mass is 9.90. The lowest BCUT2D eigenvalue weighted by molar-refractivity contribution is 0.124. The van der Waals surface area contributed by atoms with Crippen molar-refractivity contribution in [2.45, 2.75) is 45.1 Å². The number of nitriles is 1. The third-order valence-electron chi connectivity index (χ3n) is 4.07. The maximum Gasteiger partial charge on any atom is 0.126 e. The van der Waals surface area contributed by atoms with Crippen LogP contribution in [0.15, 0.2) is 18.2 Å². The Hall–Kier alpha value is -1.40. The number of aryl methyl sites for hydroxylation is 1. The Kier molecular flexibility index (Phi) is 4.21. The quantitative estimate of drug-likeness (QED) is 0.832. The second kappa shape index (κ2) is 5.71. The van der Waals surface area contributed by atoms with E-state index in [2.05, 4.69) is 11.0 Å². The monoisotopic (exact) mass is 260 g/mol. The fraction of sp³-hybridized carbons (Fsp3) is 0.562. The maximum absolute atomic E-state index is 13.3. The molecule has 1 aliphatic heterocycles. The van der Waals surface area contributed by atoms with Crippen molar-refractivity contribution in [2.24, 2.45) is 0 Å². The van der Waals surface area contributed by atoms with E-state index in [9.17, 15) is 9.65 Å². The van der Waals surface area contributed by atoms with Crippen molar-refractivity contribution < 1.29 is 4.39 Å². The first-order valence-electron chi connectivity index (χ1n) is 6.96. The van der Waals surface area contributed by atoms with Crippen molar-refractivity contribution in [3.05, 3.63) is 35.1 Å². The van der Waals surface area contributed by atoms with Gasteiger partial charge in [-0.1, -0.05) is 18.6 Å².